The van der Waals surface area contributed by atoms with Crippen LogP contribution in [0.25, 0.3) is 0 Å². The summed E-state index contributed by atoms with van der Waals surface area (Å²) in [6, 6.07) is 3.61. The van der Waals surface area contributed by atoms with Gasteiger partial charge in [-0.3, -0.25) is 9.59 Å². The second-order valence-corrected chi connectivity index (χ2v) is 6.08. The minimum atomic E-state index is -0.102. The van der Waals surface area contributed by atoms with Gasteiger partial charge in [0.15, 0.2) is 0 Å². The molecular weight excluding hydrogens is 274 g/mol. The van der Waals surface area contributed by atoms with Crippen LogP contribution in [0.2, 0.25) is 0 Å². The summed E-state index contributed by atoms with van der Waals surface area (Å²) in [5.41, 5.74) is 0. The highest BCUT2D eigenvalue weighted by molar-refractivity contribution is 7.12. The third-order valence-electron chi connectivity index (χ3n) is 3.50. The Kier molecular flexibility index (Phi) is 5.55. The maximum absolute atomic E-state index is 12.0. The van der Waals surface area contributed by atoms with E-state index in [4.69, 9.17) is 0 Å². The summed E-state index contributed by atoms with van der Waals surface area (Å²) in [6.07, 6.45) is 2.19. The molecule has 6 heteroatoms. The Morgan fingerprint density at radius 3 is 3.05 bits per heavy atom. The van der Waals surface area contributed by atoms with Crippen LogP contribution in [0, 0.1) is 5.92 Å². The Morgan fingerprint density at radius 1 is 1.55 bits per heavy atom. The lowest BCUT2D eigenvalue weighted by molar-refractivity contribution is -0.121. The lowest BCUT2D eigenvalue weighted by Crippen LogP contribution is -2.38. The monoisotopic (exact) mass is 295 g/mol. The predicted octanol–water partition coefficient (Wildman–Crippen LogP) is 0.936. The van der Waals surface area contributed by atoms with E-state index < -0.39 is 0 Å². The predicted molar refractivity (Wildman–Crippen MR) is 79.9 cm³/mol. The summed E-state index contributed by atoms with van der Waals surface area (Å²) in [4.78, 5) is 25.9. The van der Waals surface area contributed by atoms with E-state index >= 15 is 0 Å². The number of likely N-dealkylation sites (N-methyl/N-ethyl adjacent to an activating group) is 1. The van der Waals surface area contributed by atoms with E-state index in [1.54, 1.807) is 13.1 Å². The van der Waals surface area contributed by atoms with Crippen molar-refractivity contribution in [2.24, 2.45) is 5.92 Å². The van der Waals surface area contributed by atoms with Crippen molar-refractivity contribution in [3.05, 3.63) is 22.4 Å². The SMILES string of the molecule is CN(CC(=O)NCCC1CCNC1)C(=O)c1cccs1. The number of carbonyl (C=O) groups excluding carboxylic acids is 2. The molecule has 2 rings (SSSR count). The van der Waals surface area contributed by atoms with Crippen LogP contribution in [0.1, 0.15) is 22.5 Å². The third-order valence-corrected chi connectivity index (χ3v) is 4.35. The first-order valence-electron chi connectivity index (χ1n) is 6.93. The van der Waals surface area contributed by atoms with E-state index in [0.29, 0.717) is 17.3 Å². The van der Waals surface area contributed by atoms with E-state index in [0.717, 1.165) is 19.5 Å². The molecule has 2 amide bonds. The molecule has 1 atom stereocenters. The number of carbonyl (C=O) groups is 2. The van der Waals surface area contributed by atoms with E-state index in [-0.39, 0.29) is 18.4 Å². The van der Waals surface area contributed by atoms with E-state index in [9.17, 15) is 9.59 Å². The number of hydrogen-bond acceptors (Lipinski definition) is 4. The zero-order valence-corrected chi connectivity index (χ0v) is 12.5. The van der Waals surface area contributed by atoms with Crippen LogP contribution < -0.4 is 10.6 Å². The third kappa shape index (κ3) is 4.31. The first-order chi connectivity index (χ1) is 9.66. The molecule has 0 aromatic carbocycles. The van der Waals surface area contributed by atoms with Crippen LogP contribution in [0.5, 0.6) is 0 Å². The summed E-state index contributed by atoms with van der Waals surface area (Å²) in [5, 5.41) is 8.05. The van der Waals surface area contributed by atoms with Gasteiger partial charge in [-0.15, -0.1) is 11.3 Å². The zero-order valence-electron chi connectivity index (χ0n) is 11.7. The van der Waals surface area contributed by atoms with Crippen molar-refractivity contribution in [1.82, 2.24) is 15.5 Å². The van der Waals surface area contributed by atoms with Gasteiger partial charge < -0.3 is 15.5 Å². The van der Waals surface area contributed by atoms with Gasteiger partial charge in [-0.2, -0.15) is 0 Å². The lowest BCUT2D eigenvalue weighted by Gasteiger charge is -2.16. The molecule has 110 valence electrons. The van der Waals surface area contributed by atoms with Crippen LogP contribution in [-0.2, 0) is 4.79 Å². The number of hydrogen-bond donors (Lipinski definition) is 2. The van der Waals surface area contributed by atoms with Gasteiger partial charge in [-0.1, -0.05) is 6.07 Å². The second kappa shape index (κ2) is 7.40. The molecule has 0 spiro atoms. The maximum Gasteiger partial charge on any atom is 0.264 e. The van der Waals surface area contributed by atoms with Crippen molar-refractivity contribution in [1.29, 1.82) is 0 Å². The van der Waals surface area contributed by atoms with Crippen molar-refractivity contribution in [2.75, 3.05) is 33.2 Å². The van der Waals surface area contributed by atoms with Gasteiger partial charge in [0.2, 0.25) is 5.91 Å². The molecule has 20 heavy (non-hydrogen) atoms. The fraction of sp³-hybridized carbons (Fsp3) is 0.571. The molecule has 0 aliphatic carbocycles. The summed E-state index contributed by atoms with van der Waals surface area (Å²) in [6.45, 7) is 2.93. The summed E-state index contributed by atoms with van der Waals surface area (Å²) in [5.74, 6) is 0.472. The zero-order chi connectivity index (χ0) is 14.4. The lowest BCUT2D eigenvalue weighted by atomic mass is 10.1. The highest BCUT2D eigenvalue weighted by atomic mass is 32.1. The van der Waals surface area contributed by atoms with E-state index in [1.807, 2.05) is 11.4 Å². The minimum Gasteiger partial charge on any atom is -0.355 e. The van der Waals surface area contributed by atoms with Gasteiger partial charge in [-0.25, -0.2) is 0 Å². The van der Waals surface area contributed by atoms with E-state index in [2.05, 4.69) is 10.6 Å². The Hall–Kier alpha value is -1.40. The molecule has 2 N–H and O–H groups in total. The van der Waals surface area contributed by atoms with Gasteiger partial charge >= 0.3 is 0 Å². The van der Waals surface area contributed by atoms with Crippen LogP contribution in [-0.4, -0.2) is 49.9 Å². The largest absolute Gasteiger partial charge is 0.355 e. The molecule has 1 saturated heterocycles. The smallest absolute Gasteiger partial charge is 0.264 e. The summed E-state index contributed by atoms with van der Waals surface area (Å²) >= 11 is 1.39. The molecule has 1 aromatic heterocycles. The van der Waals surface area contributed by atoms with Gasteiger partial charge in [0.05, 0.1) is 11.4 Å². The average Bonchev–Trinajstić information content (AvgIpc) is 3.10. The quantitative estimate of drug-likeness (QED) is 0.821. The number of amides is 2. The molecule has 1 unspecified atom stereocenters. The van der Waals surface area contributed by atoms with Crippen LogP contribution in [0.15, 0.2) is 17.5 Å². The van der Waals surface area contributed by atoms with Crippen LogP contribution in [0.3, 0.4) is 0 Å². The van der Waals surface area contributed by atoms with Crippen LogP contribution >= 0.6 is 11.3 Å². The standard InChI is InChI=1S/C14H21N3O2S/c1-17(14(19)12-3-2-8-20-12)10-13(18)16-7-5-11-4-6-15-9-11/h2-3,8,11,15H,4-7,9-10H2,1H3,(H,16,18). The highest BCUT2D eigenvalue weighted by Gasteiger charge is 2.17. The normalized spacial score (nSPS) is 17.9. The molecule has 1 aromatic rings. The molecule has 1 aliphatic heterocycles. The first kappa shape index (κ1) is 15.0. The van der Waals surface area contributed by atoms with Gasteiger partial charge in [0.25, 0.3) is 5.91 Å². The van der Waals surface area contributed by atoms with Gasteiger partial charge in [-0.05, 0) is 43.3 Å². The molecule has 1 fully saturated rings. The Balaban J connectivity index is 1.66. The van der Waals surface area contributed by atoms with Gasteiger partial charge in [0, 0.05) is 13.6 Å². The fourth-order valence-electron chi connectivity index (χ4n) is 2.31. The maximum atomic E-state index is 12.0. The van der Waals surface area contributed by atoms with Crippen molar-refractivity contribution in [2.45, 2.75) is 12.8 Å². The van der Waals surface area contributed by atoms with E-state index in [1.165, 1.54) is 22.7 Å². The van der Waals surface area contributed by atoms with Crippen molar-refractivity contribution in [3.63, 3.8) is 0 Å². The number of nitrogens with one attached hydrogen (secondary N) is 2. The molecule has 0 bridgehead atoms. The number of thiophene rings is 1. The molecule has 2 heterocycles. The fourth-order valence-corrected chi connectivity index (χ4v) is 3.03. The summed E-state index contributed by atoms with van der Waals surface area (Å²) in [7, 11) is 1.66. The Bertz CT molecular complexity index is 441. The molecule has 0 saturated carbocycles. The van der Waals surface area contributed by atoms with Crippen LogP contribution in [0.4, 0.5) is 0 Å². The number of nitrogens with zero attached hydrogens (tertiary/aromatic N) is 1. The molecular formula is C14H21N3O2S. The highest BCUT2D eigenvalue weighted by Crippen LogP contribution is 2.11. The summed E-state index contributed by atoms with van der Waals surface area (Å²) < 4.78 is 0. The van der Waals surface area contributed by atoms with Crippen molar-refractivity contribution < 1.29 is 9.59 Å². The van der Waals surface area contributed by atoms with Crippen molar-refractivity contribution in [3.8, 4) is 0 Å². The topological polar surface area (TPSA) is 61.4 Å². The minimum absolute atomic E-state index is 0.0941. The second-order valence-electron chi connectivity index (χ2n) is 5.14. The molecule has 5 nitrogen and oxygen atoms in total. The average molecular weight is 295 g/mol. The Labute approximate surface area is 123 Å². The van der Waals surface area contributed by atoms with Gasteiger partial charge in [0.1, 0.15) is 0 Å². The molecule has 1 aliphatic rings. The number of rotatable bonds is 6. The molecule has 0 radical (unpaired) electrons. The van der Waals surface area contributed by atoms with Crippen molar-refractivity contribution >= 4 is 23.2 Å². The Morgan fingerprint density at radius 2 is 2.40 bits per heavy atom. The first-order valence-corrected chi connectivity index (χ1v) is 7.81.